The molecule has 1 rings (SSSR count). The molecule has 6 heteroatoms. The van der Waals surface area contributed by atoms with Crippen LogP contribution in [0.3, 0.4) is 0 Å². The van der Waals surface area contributed by atoms with Gasteiger partial charge in [-0.1, -0.05) is 6.07 Å². The third-order valence-corrected chi connectivity index (χ3v) is 1.26. The van der Waals surface area contributed by atoms with Crippen molar-refractivity contribution in [2.45, 2.75) is 0 Å². The highest BCUT2D eigenvalue weighted by Crippen LogP contribution is 1.86. The second kappa shape index (κ2) is 2.77. The molecule has 0 saturated heterocycles. The van der Waals surface area contributed by atoms with Crippen molar-refractivity contribution in [3.05, 3.63) is 22.5 Å². The number of rotatable bonds is 1. The van der Waals surface area contributed by atoms with Gasteiger partial charge in [-0.15, -0.1) is 0 Å². The molecule has 0 radical (unpaired) electrons. The molecule has 0 fully saturated rings. The Bertz CT molecular complexity index is 309. The maximum Gasteiger partial charge on any atom is 0.492 e. The first-order valence-corrected chi connectivity index (χ1v) is 2.96. The zero-order chi connectivity index (χ0) is 8.43. The summed E-state index contributed by atoms with van der Waals surface area (Å²) in [4.78, 5) is 12.8. The van der Waals surface area contributed by atoms with Gasteiger partial charge in [-0.25, -0.2) is 0 Å². The molecule has 0 saturated carbocycles. The summed E-state index contributed by atoms with van der Waals surface area (Å²) in [6, 6.07) is 2.43. The van der Waals surface area contributed by atoms with E-state index in [4.69, 9.17) is 15.8 Å². The fraction of sp³-hybridized carbons (Fsp3) is 0. The van der Waals surface area contributed by atoms with E-state index in [9.17, 15) is 4.79 Å². The molecule has 58 valence electrons. The summed E-state index contributed by atoms with van der Waals surface area (Å²) in [5.41, 5.74) is 4.98. The van der Waals surface area contributed by atoms with Gasteiger partial charge in [-0.2, -0.15) is 0 Å². The van der Waals surface area contributed by atoms with Crippen molar-refractivity contribution in [2.24, 2.45) is 0 Å². The Morgan fingerprint density at radius 1 is 1.45 bits per heavy atom. The van der Waals surface area contributed by atoms with Crippen LogP contribution in [0, 0.1) is 0 Å². The molecular formula is C5H7BN2O3. The summed E-state index contributed by atoms with van der Waals surface area (Å²) in [7, 11) is -1.65. The Balaban J connectivity index is 3.20. The van der Waals surface area contributed by atoms with Crippen LogP contribution >= 0.6 is 0 Å². The highest BCUT2D eigenvalue weighted by Gasteiger charge is 2.14. The van der Waals surface area contributed by atoms with Gasteiger partial charge in [0.25, 0.3) is 0 Å². The largest absolute Gasteiger partial charge is 0.492 e. The first-order valence-electron chi connectivity index (χ1n) is 2.96. The Morgan fingerprint density at radius 3 is 2.55 bits per heavy atom. The molecule has 1 heterocycles. The summed E-state index contributed by atoms with van der Waals surface area (Å²) in [5.74, 6) is -0.0208. The maximum absolute atomic E-state index is 10.6. The summed E-state index contributed by atoms with van der Waals surface area (Å²) < 4.78 is 0. The number of aromatic nitrogens is 1. The van der Waals surface area contributed by atoms with Crippen LogP contribution in [0.2, 0.25) is 0 Å². The number of nitrogens with two attached hydrogens (primary N) is 1. The third kappa shape index (κ3) is 1.60. The molecule has 11 heavy (non-hydrogen) atoms. The molecule has 1 aromatic rings. The predicted molar refractivity (Wildman–Crippen MR) is 41.3 cm³/mol. The van der Waals surface area contributed by atoms with Crippen molar-refractivity contribution in [3.63, 3.8) is 0 Å². The molecule has 0 bridgehead atoms. The Hall–Kier alpha value is -1.27. The predicted octanol–water partition coefficient (Wildman–Crippen LogP) is -2.36. The lowest BCUT2D eigenvalue weighted by molar-refractivity contribution is 0.426. The zero-order valence-electron chi connectivity index (χ0n) is 5.61. The summed E-state index contributed by atoms with van der Waals surface area (Å²) >= 11 is 0. The quantitative estimate of drug-likeness (QED) is 0.340. The molecule has 0 atom stereocenters. The van der Waals surface area contributed by atoms with E-state index in [1.165, 1.54) is 12.1 Å². The van der Waals surface area contributed by atoms with E-state index < -0.39 is 7.12 Å². The van der Waals surface area contributed by atoms with Crippen molar-refractivity contribution >= 4 is 18.4 Å². The van der Waals surface area contributed by atoms with Crippen molar-refractivity contribution in [1.29, 1.82) is 0 Å². The van der Waals surface area contributed by atoms with Crippen LogP contribution in [0.25, 0.3) is 0 Å². The molecule has 1 aromatic heterocycles. The number of pyridine rings is 1. The molecule has 5 N–H and O–H groups in total. The minimum Gasteiger partial charge on any atom is -0.423 e. The van der Waals surface area contributed by atoms with Gasteiger partial charge >= 0.3 is 7.12 Å². The van der Waals surface area contributed by atoms with Crippen LogP contribution in [0.1, 0.15) is 0 Å². The highest BCUT2D eigenvalue weighted by molar-refractivity contribution is 6.60. The van der Waals surface area contributed by atoms with Crippen molar-refractivity contribution in [1.82, 2.24) is 4.98 Å². The number of nitrogens with one attached hydrogen (secondary N) is 1. The third-order valence-electron chi connectivity index (χ3n) is 1.26. The average molecular weight is 154 g/mol. The fourth-order valence-corrected chi connectivity index (χ4v) is 0.727. The van der Waals surface area contributed by atoms with Crippen LogP contribution in [0.4, 0.5) is 5.82 Å². The van der Waals surface area contributed by atoms with Gasteiger partial charge in [0.1, 0.15) is 5.82 Å². The maximum atomic E-state index is 10.6. The fourth-order valence-electron chi connectivity index (χ4n) is 0.727. The van der Waals surface area contributed by atoms with E-state index in [0.29, 0.717) is 0 Å². The Morgan fingerprint density at radius 2 is 2.09 bits per heavy atom. The summed E-state index contributed by atoms with van der Waals surface area (Å²) in [6.45, 7) is 0. The van der Waals surface area contributed by atoms with Gasteiger partial charge in [0, 0.05) is 11.5 Å². The van der Waals surface area contributed by atoms with Crippen molar-refractivity contribution < 1.29 is 10.0 Å². The smallest absolute Gasteiger partial charge is 0.423 e. The van der Waals surface area contributed by atoms with Crippen molar-refractivity contribution in [2.75, 3.05) is 5.73 Å². The number of anilines is 1. The van der Waals surface area contributed by atoms with Gasteiger partial charge in [-0.05, 0) is 0 Å². The van der Waals surface area contributed by atoms with Crippen molar-refractivity contribution in [3.8, 4) is 0 Å². The van der Waals surface area contributed by atoms with E-state index in [0.717, 1.165) is 0 Å². The van der Waals surface area contributed by atoms with Crippen LogP contribution in [0.15, 0.2) is 16.9 Å². The molecule has 0 unspecified atom stereocenters. The van der Waals surface area contributed by atoms with Gasteiger partial charge < -0.3 is 20.8 Å². The van der Waals surface area contributed by atoms with E-state index in [2.05, 4.69) is 4.98 Å². The number of hydrogen-bond donors (Lipinski definition) is 4. The Kier molecular flexibility index (Phi) is 1.97. The normalized spacial score (nSPS) is 9.64. The standard InChI is InChI=1S/C5H7BN2O3/c7-5-3(6(10)11)1-2-4(9)8-5/h1-2,10-11H,(H3,7,8,9). The number of hydrogen-bond acceptors (Lipinski definition) is 4. The summed E-state index contributed by atoms with van der Waals surface area (Å²) in [6.07, 6.45) is 0. The van der Waals surface area contributed by atoms with Gasteiger partial charge in [-0.3, -0.25) is 4.79 Å². The van der Waals surface area contributed by atoms with Gasteiger partial charge in [0.15, 0.2) is 0 Å². The molecule has 0 amide bonds. The van der Waals surface area contributed by atoms with E-state index >= 15 is 0 Å². The zero-order valence-corrected chi connectivity index (χ0v) is 5.61. The number of aromatic amines is 1. The van der Waals surface area contributed by atoms with E-state index in [1.54, 1.807) is 0 Å². The molecule has 0 aliphatic rings. The molecule has 0 spiro atoms. The van der Waals surface area contributed by atoms with Crippen LogP contribution in [0.5, 0.6) is 0 Å². The van der Waals surface area contributed by atoms with Crippen LogP contribution in [-0.4, -0.2) is 22.2 Å². The average Bonchev–Trinajstić information content (AvgIpc) is 1.85. The van der Waals surface area contributed by atoms with E-state index in [1.807, 2.05) is 0 Å². The second-order valence-corrected chi connectivity index (χ2v) is 2.07. The topological polar surface area (TPSA) is 99.3 Å². The molecule has 0 aromatic carbocycles. The first kappa shape index (κ1) is 7.84. The lowest BCUT2D eigenvalue weighted by Crippen LogP contribution is -2.34. The first-order chi connectivity index (χ1) is 5.11. The molecular weight excluding hydrogens is 147 g/mol. The molecule has 0 aliphatic carbocycles. The lowest BCUT2D eigenvalue weighted by Gasteiger charge is -2.01. The van der Waals surface area contributed by atoms with Gasteiger partial charge in [0.2, 0.25) is 5.56 Å². The minimum atomic E-state index is -1.65. The highest BCUT2D eigenvalue weighted by atomic mass is 16.4. The number of H-pyrrole nitrogens is 1. The van der Waals surface area contributed by atoms with Crippen LogP contribution < -0.4 is 16.8 Å². The lowest BCUT2D eigenvalue weighted by atomic mass is 9.81. The SMILES string of the molecule is Nc1[nH]c(=O)ccc1B(O)O. The van der Waals surface area contributed by atoms with Crippen LogP contribution in [-0.2, 0) is 0 Å². The molecule has 5 nitrogen and oxygen atoms in total. The van der Waals surface area contributed by atoms with Gasteiger partial charge in [0.05, 0.1) is 0 Å². The summed E-state index contributed by atoms with van der Waals surface area (Å²) in [5, 5.41) is 17.3. The minimum absolute atomic E-state index is 0.0208. The molecule has 0 aliphatic heterocycles. The number of nitrogen functional groups attached to an aromatic ring is 1. The Labute approximate surface area is 62.6 Å². The monoisotopic (exact) mass is 154 g/mol. The second-order valence-electron chi connectivity index (χ2n) is 2.07. The van der Waals surface area contributed by atoms with E-state index in [-0.39, 0.29) is 16.8 Å².